The Morgan fingerprint density at radius 1 is 1.58 bits per heavy atom. The summed E-state index contributed by atoms with van der Waals surface area (Å²) in [5.74, 6) is -0.709. The molecule has 0 spiro atoms. The molecule has 1 heterocycles. The molecule has 0 amide bonds. The topological polar surface area (TPSA) is 40.5 Å². The number of hydrogen-bond acceptors (Lipinski definition) is 2. The fourth-order valence-corrected chi connectivity index (χ4v) is 3.28. The number of rotatable bonds is 3. The van der Waals surface area contributed by atoms with Gasteiger partial charge >= 0.3 is 5.97 Å². The van der Waals surface area contributed by atoms with Crippen LogP contribution in [0.1, 0.15) is 25.3 Å². The molecule has 1 unspecified atom stereocenters. The standard InChI is InChI=1S/C14H17BrClNO2/c1-14(13(18)19)5-2-6-17(9-14)8-10-3-4-11(15)7-12(10)16/h3-4,7H,2,5-6,8-9H2,1H3,(H,18,19). The van der Waals surface area contributed by atoms with E-state index in [0.717, 1.165) is 34.4 Å². The van der Waals surface area contributed by atoms with Gasteiger partial charge in [-0.2, -0.15) is 0 Å². The number of carbonyl (C=O) groups is 1. The van der Waals surface area contributed by atoms with Crippen molar-refractivity contribution >= 4 is 33.5 Å². The van der Waals surface area contributed by atoms with E-state index in [9.17, 15) is 9.90 Å². The summed E-state index contributed by atoms with van der Waals surface area (Å²) in [6.45, 7) is 4.03. The number of aliphatic carboxylic acids is 1. The van der Waals surface area contributed by atoms with Gasteiger partial charge < -0.3 is 5.11 Å². The molecule has 1 atom stereocenters. The maximum Gasteiger partial charge on any atom is 0.310 e. The molecule has 1 aromatic carbocycles. The first-order chi connectivity index (χ1) is 8.90. The summed E-state index contributed by atoms with van der Waals surface area (Å²) in [6.07, 6.45) is 1.66. The highest BCUT2D eigenvalue weighted by molar-refractivity contribution is 9.10. The smallest absolute Gasteiger partial charge is 0.310 e. The Hall–Kier alpha value is -0.580. The van der Waals surface area contributed by atoms with Crippen LogP contribution >= 0.6 is 27.5 Å². The van der Waals surface area contributed by atoms with Crippen LogP contribution in [0.3, 0.4) is 0 Å². The quantitative estimate of drug-likeness (QED) is 0.905. The molecule has 1 N–H and O–H groups in total. The van der Waals surface area contributed by atoms with Crippen molar-refractivity contribution < 1.29 is 9.90 Å². The van der Waals surface area contributed by atoms with E-state index in [-0.39, 0.29) is 0 Å². The van der Waals surface area contributed by atoms with Crippen LogP contribution in [0.4, 0.5) is 0 Å². The molecule has 1 fully saturated rings. The second kappa shape index (κ2) is 5.81. The SMILES string of the molecule is CC1(C(=O)O)CCCN(Cc2ccc(Br)cc2Cl)C1. The van der Waals surface area contributed by atoms with Gasteiger partial charge in [0.05, 0.1) is 5.41 Å². The van der Waals surface area contributed by atoms with Gasteiger partial charge in [-0.15, -0.1) is 0 Å². The number of carboxylic acids is 1. The molecule has 1 aliphatic heterocycles. The van der Waals surface area contributed by atoms with Crippen LogP contribution in [-0.2, 0) is 11.3 Å². The van der Waals surface area contributed by atoms with Crippen molar-refractivity contribution in [2.75, 3.05) is 13.1 Å². The largest absolute Gasteiger partial charge is 0.481 e. The third-order valence-corrected chi connectivity index (χ3v) is 4.55. The van der Waals surface area contributed by atoms with Gasteiger partial charge in [0.1, 0.15) is 0 Å². The van der Waals surface area contributed by atoms with Crippen LogP contribution in [0.15, 0.2) is 22.7 Å². The van der Waals surface area contributed by atoms with Gasteiger partial charge in [0, 0.05) is 22.6 Å². The second-order valence-corrected chi connectivity index (χ2v) is 6.74. The summed E-state index contributed by atoms with van der Waals surface area (Å²) in [5, 5.41) is 10.0. The molecule has 19 heavy (non-hydrogen) atoms. The summed E-state index contributed by atoms with van der Waals surface area (Å²) in [6, 6.07) is 5.82. The highest BCUT2D eigenvalue weighted by atomic mass is 79.9. The van der Waals surface area contributed by atoms with E-state index >= 15 is 0 Å². The third-order valence-electron chi connectivity index (χ3n) is 3.70. The van der Waals surface area contributed by atoms with E-state index in [4.69, 9.17) is 11.6 Å². The summed E-state index contributed by atoms with van der Waals surface area (Å²) in [7, 11) is 0. The molecule has 0 saturated carbocycles. The third kappa shape index (κ3) is 3.50. The minimum absolute atomic E-state index is 0.578. The van der Waals surface area contributed by atoms with Crippen LogP contribution in [0.2, 0.25) is 5.02 Å². The molecule has 1 aliphatic rings. The Labute approximate surface area is 126 Å². The number of carboxylic acid groups (broad SMARTS) is 1. The van der Waals surface area contributed by atoms with Crippen LogP contribution in [-0.4, -0.2) is 29.1 Å². The highest BCUT2D eigenvalue weighted by Crippen LogP contribution is 2.31. The number of halogens is 2. The maximum atomic E-state index is 11.3. The van der Waals surface area contributed by atoms with Crippen LogP contribution in [0, 0.1) is 5.41 Å². The molecule has 0 bridgehead atoms. The Morgan fingerprint density at radius 3 is 2.95 bits per heavy atom. The van der Waals surface area contributed by atoms with Crippen molar-refractivity contribution in [3.8, 4) is 0 Å². The fourth-order valence-electron chi connectivity index (χ4n) is 2.54. The first-order valence-electron chi connectivity index (χ1n) is 6.30. The lowest BCUT2D eigenvalue weighted by molar-refractivity contribution is -0.151. The summed E-state index contributed by atoms with van der Waals surface area (Å²) in [5.41, 5.74) is 0.402. The zero-order valence-corrected chi connectivity index (χ0v) is 13.2. The molecular weight excluding hydrogens is 330 g/mol. The van der Waals surface area contributed by atoms with Gasteiger partial charge in [0.2, 0.25) is 0 Å². The van der Waals surface area contributed by atoms with E-state index < -0.39 is 11.4 Å². The summed E-state index contributed by atoms with van der Waals surface area (Å²) in [4.78, 5) is 13.5. The van der Waals surface area contributed by atoms with Crippen molar-refractivity contribution in [2.24, 2.45) is 5.41 Å². The average Bonchev–Trinajstić information content (AvgIpc) is 2.33. The van der Waals surface area contributed by atoms with E-state index in [2.05, 4.69) is 20.8 Å². The lowest BCUT2D eigenvalue weighted by atomic mass is 9.82. The average molecular weight is 347 g/mol. The molecule has 1 aromatic rings. The zero-order valence-electron chi connectivity index (χ0n) is 10.8. The first kappa shape index (κ1) is 14.8. The molecule has 0 aromatic heterocycles. The minimum atomic E-state index is -0.709. The molecule has 0 aliphatic carbocycles. The van der Waals surface area contributed by atoms with Crippen LogP contribution in [0.25, 0.3) is 0 Å². The minimum Gasteiger partial charge on any atom is -0.481 e. The van der Waals surface area contributed by atoms with Gasteiger partial charge in [0.15, 0.2) is 0 Å². The maximum absolute atomic E-state index is 11.3. The van der Waals surface area contributed by atoms with Crippen molar-refractivity contribution in [1.29, 1.82) is 0 Å². The van der Waals surface area contributed by atoms with E-state index in [0.29, 0.717) is 13.1 Å². The van der Waals surface area contributed by atoms with Crippen molar-refractivity contribution in [1.82, 2.24) is 4.90 Å². The molecule has 3 nitrogen and oxygen atoms in total. The number of hydrogen-bond donors (Lipinski definition) is 1. The Kier molecular flexibility index (Phi) is 4.54. The normalized spacial score (nSPS) is 24.4. The van der Waals surface area contributed by atoms with Gasteiger partial charge in [-0.3, -0.25) is 9.69 Å². The Balaban J connectivity index is 2.09. The van der Waals surface area contributed by atoms with Gasteiger partial charge in [0.25, 0.3) is 0 Å². The van der Waals surface area contributed by atoms with Crippen molar-refractivity contribution in [3.63, 3.8) is 0 Å². The fraction of sp³-hybridized carbons (Fsp3) is 0.500. The number of benzene rings is 1. The zero-order chi connectivity index (χ0) is 14.0. The van der Waals surface area contributed by atoms with E-state index in [1.54, 1.807) is 0 Å². The van der Waals surface area contributed by atoms with E-state index in [1.807, 2.05) is 25.1 Å². The molecule has 0 radical (unpaired) electrons. The molecule has 104 valence electrons. The predicted molar refractivity (Wildman–Crippen MR) is 79.4 cm³/mol. The Bertz CT molecular complexity index is 494. The number of nitrogens with zero attached hydrogens (tertiary/aromatic N) is 1. The van der Waals surface area contributed by atoms with Crippen LogP contribution in [0.5, 0.6) is 0 Å². The lowest BCUT2D eigenvalue weighted by Crippen LogP contribution is -2.45. The molecule has 5 heteroatoms. The summed E-state index contributed by atoms with van der Waals surface area (Å²) < 4.78 is 0.954. The predicted octanol–water partition coefficient (Wildman–Crippen LogP) is 3.79. The van der Waals surface area contributed by atoms with Crippen molar-refractivity contribution in [2.45, 2.75) is 26.3 Å². The van der Waals surface area contributed by atoms with Gasteiger partial charge in [-0.05, 0) is 44.0 Å². The number of likely N-dealkylation sites (tertiary alicyclic amines) is 1. The Morgan fingerprint density at radius 2 is 2.32 bits per heavy atom. The van der Waals surface area contributed by atoms with Gasteiger partial charge in [-0.1, -0.05) is 33.6 Å². The second-order valence-electron chi connectivity index (χ2n) is 5.42. The highest BCUT2D eigenvalue weighted by Gasteiger charge is 2.37. The summed E-state index contributed by atoms with van der Waals surface area (Å²) >= 11 is 9.59. The lowest BCUT2D eigenvalue weighted by Gasteiger charge is -2.37. The van der Waals surface area contributed by atoms with Gasteiger partial charge in [-0.25, -0.2) is 0 Å². The monoisotopic (exact) mass is 345 g/mol. The van der Waals surface area contributed by atoms with E-state index in [1.165, 1.54) is 0 Å². The molecule has 1 saturated heterocycles. The molecular formula is C14H17BrClNO2. The first-order valence-corrected chi connectivity index (χ1v) is 7.47. The van der Waals surface area contributed by atoms with Crippen LogP contribution < -0.4 is 0 Å². The molecule has 2 rings (SSSR count). The van der Waals surface area contributed by atoms with Crippen molar-refractivity contribution in [3.05, 3.63) is 33.3 Å². The number of piperidine rings is 1.